The third-order valence-electron chi connectivity index (χ3n) is 5.18. The van der Waals surface area contributed by atoms with Crippen LogP contribution in [0.1, 0.15) is 54.7 Å². The van der Waals surface area contributed by atoms with E-state index < -0.39 is 0 Å². The fourth-order valence-corrected chi connectivity index (χ4v) is 3.73. The Morgan fingerprint density at radius 1 is 1.00 bits per heavy atom. The third kappa shape index (κ3) is 6.94. The molecule has 162 valence electrons. The Hall–Kier alpha value is -2.21. The van der Waals surface area contributed by atoms with Crippen LogP contribution in [0.15, 0.2) is 48.5 Å². The molecule has 2 aromatic rings. The van der Waals surface area contributed by atoms with Gasteiger partial charge in [-0.2, -0.15) is 0 Å². The van der Waals surface area contributed by atoms with Crippen LogP contribution in [0.25, 0.3) is 0 Å². The number of hydrogen-bond donors (Lipinski definition) is 1. The summed E-state index contributed by atoms with van der Waals surface area (Å²) in [4.78, 5) is 14.9. The fraction of sp³-hybridized carbons (Fsp3) is 0.480. The Balaban J connectivity index is 1.47. The van der Waals surface area contributed by atoms with E-state index in [4.69, 9.17) is 9.47 Å². The summed E-state index contributed by atoms with van der Waals surface area (Å²) >= 11 is 0. The topological polar surface area (TPSA) is 50.8 Å². The van der Waals surface area contributed by atoms with Crippen LogP contribution < -0.4 is 5.32 Å². The molecule has 2 aromatic carbocycles. The summed E-state index contributed by atoms with van der Waals surface area (Å²) in [5.41, 5.74) is 4.11. The predicted octanol–water partition coefficient (Wildman–Crippen LogP) is 4.15. The minimum absolute atomic E-state index is 0.0533. The third-order valence-corrected chi connectivity index (χ3v) is 5.18. The van der Waals surface area contributed by atoms with Crippen molar-refractivity contribution in [1.82, 2.24) is 10.2 Å². The van der Waals surface area contributed by atoms with Crippen LogP contribution >= 0.6 is 0 Å². The number of carbonyl (C=O) groups is 1. The molecule has 1 heterocycles. The van der Waals surface area contributed by atoms with E-state index in [1.165, 1.54) is 5.56 Å². The molecule has 1 fully saturated rings. The first-order valence-electron chi connectivity index (χ1n) is 10.8. The molecule has 5 nitrogen and oxygen atoms in total. The average Bonchev–Trinajstić information content (AvgIpc) is 2.71. The Labute approximate surface area is 180 Å². The number of nitrogens with one attached hydrogen (secondary N) is 1. The van der Waals surface area contributed by atoms with Gasteiger partial charge in [-0.15, -0.1) is 0 Å². The van der Waals surface area contributed by atoms with E-state index in [0.29, 0.717) is 18.7 Å². The zero-order valence-electron chi connectivity index (χ0n) is 18.6. The van der Waals surface area contributed by atoms with Gasteiger partial charge in [0.25, 0.3) is 5.91 Å². The zero-order valence-corrected chi connectivity index (χ0v) is 18.6. The first-order valence-corrected chi connectivity index (χ1v) is 10.8. The number of benzene rings is 2. The Kier molecular flexibility index (Phi) is 8.02. The molecule has 2 atom stereocenters. The fourth-order valence-electron chi connectivity index (χ4n) is 3.73. The monoisotopic (exact) mass is 410 g/mol. The van der Waals surface area contributed by atoms with Gasteiger partial charge in [-0.05, 0) is 56.5 Å². The minimum Gasteiger partial charge on any atom is -0.374 e. The molecule has 30 heavy (non-hydrogen) atoms. The van der Waals surface area contributed by atoms with Crippen LogP contribution in [0.3, 0.4) is 0 Å². The van der Waals surface area contributed by atoms with E-state index >= 15 is 0 Å². The molecule has 5 heteroatoms. The van der Waals surface area contributed by atoms with Gasteiger partial charge in [0.15, 0.2) is 0 Å². The second-order valence-electron chi connectivity index (χ2n) is 8.51. The molecule has 0 radical (unpaired) electrons. The van der Waals surface area contributed by atoms with Gasteiger partial charge in [-0.3, -0.25) is 9.69 Å². The second kappa shape index (κ2) is 10.7. The molecule has 1 aliphatic rings. The zero-order chi connectivity index (χ0) is 21.5. The van der Waals surface area contributed by atoms with E-state index in [1.54, 1.807) is 0 Å². The molecule has 0 saturated carbocycles. The van der Waals surface area contributed by atoms with Gasteiger partial charge in [0.2, 0.25) is 0 Å². The number of nitrogens with zero attached hydrogens (tertiary/aromatic N) is 1. The smallest absolute Gasteiger partial charge is 0.251 e. The summed E-state index contributed by atoms with van der Waals surface area (Å²) in [5, 5.41) is 3.00. The molecule has 0 aromatic heterocycles. The second-order valence-corrected chi connectivity index (χ2v) is 8.51. The molecule has 1 amide bonds. The normalized spacial score (nSPS) is 19.8. The Bertz CT molecular complexity index is 792. The van der Waals surface area contributed by atoms with E-state index in [-0.39, 0.29) is 24.2 Å². The van der Waals surface area contributed by atoms with Gasteiger partial charge in [-0.25, -0.2) is 0 Å². The molecular formula is C25H34N2O3. The van der Waals surface area contributed by atoms with E-state index in [0.717, 1.165) is 30.8 Å². The molecule has 0 aliphatic carbocycles. The molecule has 1 N–H and O–H groups in total. The van der Waals surface area contributed by atoms with Crippen molar-refractivity contribution in [3.05, 3.63) is 70.8 Å². The van der Waals surface area contributed by atoms with Gasteiger partial charge in [0, 0.05) is 31.7 Å². The largest absolute Gasteiger partial charge is 0.374 e. The van der Waals surface area contributed by atoms with E-state index in [9.17, 15) is 4.79 Å². The highest BCUT2D eigenvalue weighted by Crippen LogP contribution is 2.15. The SMILES string of the molecule is CC(C)OCc1ccc(CNC(=O)c2ccc(CN3CC(C)OC(C)C3)cc2)cc1. The lowest BCUT2D eigenvalue weighted by atomic mass is 10.1. The standard InChI is InChI=1S/C25H34N2O3/c1-18(2)29-17-23-7-5-21(6-8-23)13-26-25(28)24-11-9-22(10-12-24)16-27-14-19(3)30-20(4)15-27/h5-12,18-20H,13-17H2,1-4H3,(H,26,28). The number of morpholine rings is 1. The van der Waals surface area contributed by atoms with Crippen molar-refractivity contribution >= 4 is 5.91 Å². The summed E-state index contributed by atoms with van der Waals surface area (Å²) in [6.07, 6.45) is 0.738. The van der Waals surface area contributed by atoms with Crippen LogP contribution in [0.2, 0.25) is 0 Å². The maximum absolute atomic E-state index is 12.5. The number of ether oxygens (including phenoxy) is 2. The lowest BCUT2D eigenvalue weighted by Gasteiger charge is -2.35. The molecule has 0 bridgehead atoms. The molecule has 2 unspecified atom stereocenters. The molecule has 3 rings (SSSR count). The minimum atomic E-state index is -0.0533. The highest BCUT2D eigenvalue weighted by atomic mass is 16.5. The molecular weight excluding hydrogens is 376 g/mol. The number of rotatable bonds is 8. The van der Waals surface area contributed by atoms with Gasteiger partial charge < -0.3 is 14.8 Å². The summed E-state index contributed by atoms with van der Waals surface area (Å²) in [7, 11) is 0. The molecule has 0 spiro atoms. The quantitative estimate of drug-likeness (QED) is 0.710. The highest BCUT2D eigenvalue weighted by Gasteiger charge is 2.22. The van der Waals surface area contributed by atoms with Crippen molar-refractivity contribution in [2.75, 3.05) is 13.1 Å². The summed E-state index contributed by atoms with van der Waals surface area (Å²) < 4.78 is 11.4. The van der Waals surface area contributed by atoms with Gasteiger partial charge >= 0.3 is 0 Å². The maximum Gasteiger partial charge on any atom is 0.251 e. The molecule has 1 aliphatic heterocycles. The first-order chi connectivity index (χ1) is 14.4. The summed E-state index contributed by atoms with van der Waals surface area (Å²) in [6.45, 7) is 12.2. The van der Waals surface area contributed by atoms with E-state index in [1.807, 2.05) is 62.4 Å². The average molecular weight is 411 g/mol. The van der Waals surface area contributed by atoms with E-state index in [2.05, 4.69) is 24.1 Å². The summed E-state index contributed by atoms with van der Waals surface area (Å²) in [6, 6.07) is 16.1. The first kappa shape index (κ1) is 22.5. The summed E-state index contributed by atoms with van der Waals surface area (Å²) in [5.74, 6) is -0.0533. The van der Waals surface area contributed by atoms with Crippen molar-refractivity contribution < 1.29 is 14.3 Å². The van der Waals surface area contributed by atoms with Crippen molar-refractivity contribution in [2.24, 2.45) is 0 Å². The van der Waals surface area contributed by atoms with Crippen molar-refractivity contribution in [3.63, 3.8) is 0 Å². The highest BCUT2D eigenvalue weighted by molar-refractivity contribution is 5.94. The van der Waals surface area contributed by atoms with Crippen LogP contribution in [-0.4, -0.2) is 42.2 Å². The number of hydrogen-bond acceptors (Lipinski definition) is 4. The van der Waals surface area contributed by atoms with Gasteiger partial charge in [0.1, 0.15) is 0 Å². The van der Waals surface area contributed by atoms with Crippen LogP contribution in [-0.2, 0) is 29.2 Å². The number of carbonyl (C=O) groups excluding carboxylic acids is 1. The van der Waals surface area contributed by atoms with Crippen molar-refractivity contribution in [1.29, 1.82) is 0 Å². The van der Waals surface area contributed by atoms with Crippen LogP contribution in [0, 0.1) is 0 Å². The Morgan fingerprint density at radius 3 is 2.17 bits per heavy atom. The number of amides is 1. The van der Waals surface area contributed by atoms with Crippen LogP contribution in [0.5, 0.6) is 0 Å². The van der Waals surface area contributed by atoms with Gasteiger partial charge in [0.05, 0.1) is 24.9 Å². The molecule has 1 saturated heterocycles. The lowest BCUT2D eigenvalue weighted by Crippen LogP contribution is -2.44. The van der Waals surface area contributed by atoms with Crippen LogP contribution in [0.4, 0.5) is 0 Å². The Morgan fingerprint density at radius 2 is 1.57 bits per heavy atom. The van der Waals surface area contributed by atoms with Gasteiger partial charge in [-0.1, -0.05) is 36.4 Å². The van der Waals surface area contributed by atoms with Crippen molar-refractivity contribution in [2.45, 2.75) is 65.7 Å². The lowest BCUT2D eigenvalue weighted by molar-refractivity contribution is -0.0704. The maximum atomic E-state index is 12.5. The van der Waals surface area contributed by atoms with Crippen molar-refractivity contribution in [3.8, 4) is 0 Å². The predicted molar refractivity (Wildman–Crippen MR) is 119 cm³/mol.